The van der Waals surface area contributed by atoms with Crippen LogP contribution in [-0.2, 0) is 0 Å². The summed E-state index contributed by atoms with van der Waals surface area (Å²) in [6.07, 6.45) is 4.29. The van der Waals surface area contributed by atoms with E-state index in [2.05, 4.69) is 20.9 Å². The van der Waals surface area contributed by atoms with Crippen LogP contribution in [0.4, 0.5) is 0 Å². The van der Waals surface area contributed by atoms with E-state index in [1.165, 1.54) is 0 Å². The van der Waals surface area contributed by atoms with Crippen LogP contribution in [0.2, 0.25) is 0 Å². The summed E-state index contributed by atoms with van der Waals surface area (Å²) in [5, 5.41) is 0.845. The molecule has 0 spiro atoms. The Hall–Kier alpha value is -2.31. The third kappa shape index (κ3) is 3.15. The number of likely N-dealkylation sites (tertiary alicyclic amines) is 1. The number of carbonyl (C=O) groups excluding carboxylic acids is 1. The highest BCUT2D eigenvalue weighted by molar-refractivity contribution is 9.10. The molecular weight excluding hydrogens is 380 g/mol. The number of nitrogens with two attached hydrogens (primary N) is 1. The van der Waals surface area contributed by atoms with Gasteiger partial charge >= 0.3 is 0 Å². The van der Waals surface area contributed by atoms with E-state index in [1.807, 2.05) is 41.3 Å². The van der Waals surface area contributed by atoms with Gasteiger partial charge in [-0.2, -0.15) is 0 Å². The Morgan fingerprint density at radius 1 is 1.20 bits per heavy atom. The van der Waals surface area contributed by atoms with Gasteiger partial charge in [0.25, 0.3) is 5.91 Å². The molecule has 1 aromatic carbocycles. The normalized spacial score (nSPS) is 17.2. The van der Waals surface area contributed by atoms with Crippen molar-refractivity contribution in [2.45, 2.75) is 12.5 Å². The van der Waals surface area contributed by atoms with Crippen LogP contribution in [-0.4, -0.2) is 39.9 Å². The molecule has 25 heavy (non-hydrogen) atoms. The predicted octanol–water partition coefficient (Wildman–Crippen LogP) is 3.23. The lowest BCUT2D eigenvalue weighted by Gasteiger charge is -2.18. The van der Waals surface area contributed by atoms with E-state index in [0.29, 0.717) is 18.7 Å². The van der Waals surface area contributed by atoms with Gasteiger partial charge in [-0.1, -0.05) is 15.9 Å². The van der Waals surface area contributed by atoms with Gasteiger partial charge in [0.15, 0.2) is 0 Å². The van der Waals surface area contributed by atoms with Gasteiger partial charge in [0.05, 0.1) is 16.8 Å². The van der Waals surface area contributed by atoms with Crippen molar-refractivity contribution in [3.63, 3.8) is 0 Å². The van der Waals surface area contributed by atoms with Crippen molar-refractivity contribution in [3.05, 3.63) is 58.8 Å². The first kappa shape index (κ1) is 16.2. The molecule has 3 aromatic rings. The molecule has 126 valence electrons. The molecular formula is C19H17BrN4O. The molecule has 1 aliphatic heterocycles. The molecule has 1 aliphatic rings. The smallest absolute Gasteiger partial charge is 0.254 e. The Morgan fingerprint density at radius 3 is 2.72 bits per heavy atom. The molecule has 0 aliphatic carbocycles. The van der Waals surface area contributed by atoms with Crippen LogP contribution in [0.3, 0.4) is 0 Å². The first-order valence-corrected chi connectivity index (χ1v) is 8.97. The Kier molecular flexibility index (Phi) is 4.23. The van der Waals surface area contributed by atoms with E-state index in [9.17, 15) is 4.79 Å². The summed E-state index contributed by atoms with van der Waals surface area (Å²) in [6, 6.07) is 11.5. The summed E-state index contributed by atoms with van der Waals surface area (Å²) >= 11 is 3.49. The average molecular weight is 397 g/mol. The zero-order valence-electron chi connectivity index (χ0n) is 13.5. The van der Waals surface area contributed by atoms with Crippen molar-refractivity contribution in [1.82, 2.24) is 14.9 Å². The fourth-order valence-corrected chi connectivity index (χ4v) is 3.55. The second-order valence-electron chi connectivity index (χ2n) is 6.25. The quantitative estimate of drug-likeness (QED) is 0.721. The topological polar surface area (TPSA) is 72.1 Å². The zero-order valence-corrected chi connectivity index (χ0v) is 15.1. The summed E-state index contributed by atoms with van der Waals surface area (Å²) in [6.45, 7) is 1.30. The predicted molar refractivity (Wildman–Crippen MR) is 101 cm³/mol. The zero-order chi connectivity index (χ0) is 17.4. The van der Waals surface area contributed by atoms with E-state index in [1.54, 1.807) is 12.4 Å². The summed E-state index contributed by atoms with van der Waals surface area (Å²) in [5.41, 5.74) is 9.14. The molecule has 1 atom stereocenters. The number of rotatable bonds is 2. The van der Waals surface area contributed by atoms with Crippen LogP contribution in [0.1, 0.15) is 16.8 Å². The minimum absolute atomic E-state index is 0.00811. The average Bonchev–Trinajstić information content (AvgIpc) is 3.07. The fourth-order valence-electron chi connectivity index (χ4n) is 3.19. The molecule has 6 heteroatoms. The van der Waals surface area contributed by atoms with Gasteiger partial charge in [-0.25, -0.2) is 4.98 Å². The first-order chi connectivity index (χ1) is 12.1. The Labute approximate surface area is 154 Å². The molecule has 1 fully saturated rings. The van der Waals surface area contributed by atoms with Gasteiger partial charge in [-0.3, -0.25) is 9.78 Å². The number of aromatic nitrogens is 2. The minimum atomic E-state index is 0.00811. The molecule has 2 aromatic heterocycles. The summed E-state index contributed by atoms with van der Waals surface area (Å²) in [7, 11) is 0. The number of hydrogen-bond acceptors (Lipinski definition) is 4. The minimum Gasteiger partial charge on any atom is -0.337 e. The second-order valence-corrected chi connectivity index (χ2v) is 7.17. The molecule has 0 bridgehead atoms. The van der Waals surface area contributed by atoms with Crippen molar-refractivity contribution in [2.75, 3.05) is 13.1 Å². The fraction of sp³-hybridized carbons (Fsp3) is 0.211. The largest absolute Gasteiger partial charge is 0.337 e. The Morgan fingerprint density at radius 2 is 2.00 bits per heavy atom. The number of pyridine rings is 2. The molecule has 2 N–H and O–H groups in total. The summed E-state index contributed by atoms with van der Waals surface area (Å²) in [4.78, 5) is 23.7. The van der Waals surface area contributed by atoms with E-state index in [0.717, 1.165) is 33.1 Å². The first-order valence-electron chi connectivity index (χ1n) is 8.17. The third-order valence-corrected chi connectivity index (χ3v) is 4.98. The lowest BCUT2D eigenvalue weighted by Crippen LogP contribution is -2.32. The van der Waals surface area contributed by atoms with Crippen molar-refractivity contribution >= 4 is 32.7 Å². The number of halogens is 1. The summed E-state index contributed by atoms with van der Waals surface area (Å²) in [5.74, 6) is 0.00811. The van der Waals surface area contributed by atoms with Crippen LogP contribution in [0.5, 0.6) is 0 Å². The van der Waals surface area contributed by atoms with E-state index >= 15 is 0 Å². The number of amides is 1. The van der Waals surface area contributed by atoms with Gasteiger partial charge in [0.1, 0.15) is 0 Å². The molecule has 3 heterocycles. The number of nitrogens with zero attached hydrogens (tertiary/aromatic N) is 3. The van der Waals surface area contributed by atoms with Gasteiger partial charge < -0.3 is 10.6 Å². The van der Waals surface area contributed by atoms with Crippen LogP contribution in [0, 0.1) is 0 Å². The third-order valence-electron chi connectivity index (χ3n) is 4.49. The Balaban J connectivity index is 1.88. The molecule has 1 amide bonds. The Bertz CT molecular complexity index is 945. The highest BCUT2D eigenvalue weighted by Crippen LogP contribution is 2.28. The monoisotopic (exact) mass is 396 g/mol. The maximum absolute atomic E-state index is 13.1. The van der Waals surface area contributed by atoms with Gasteiger partial charge in [0, 0.05) is 46.9 Å². The molecule has 4 rings (SSSR count). The molecule has 1 saturated heterocycles. The highest BCUT2D eigenvalue weighted by Gasteiger charge is 2.26. The molecule has 1 unspecified atom stereocenters. The maximum Gasteiger partial charge on any atom is 0.254 e. The lowest BCUT2D eigenvalue weighted by molar-refractivity contribution is 0.0793. The van der Waals surface area contributed by atoms with Crippen molar-refractivity contribution in [2.24, 2.45) is 5.73 Å². The number of carbonyl (C=O) groups is 1. The van der Waals surface area contributed by atoms with Crippen LogP contribution < -0.4 is 5.73 Å². The van der Waals surface area contributed by atoms with Crippen molar-refractivity contribution in [3.8, 4) is 11.3 Å². The van der Waals surface area contributed by atoms with E-state index in [-0.39, 0.29) is 11.9 Å². The van der Waals surface area contributed by atoms with E-state index in [4.69, 9.17) is 10.7 Å². The van der Waals surface area contributed by atoms with Crippen LogP contribution >= 0.6 is 15.9 Å². The summed E-state index contributed by atoms with van der Waals surface area (Å²) < 4.78 is 0.922. The standard InChI is InChI=1S/C19H17BrN4O/c20-13-1-2-17-15(9-13)16(19(25)24-8-5-14(21)11-24)10-18(23-17)12-3-6-22-7-4-12/h1-4,6-7,9-10,14H,5,8,11,21H2. The van der Waals surface area contributed by atoms with Gasteiger partial charge in [-0.05, 0) is 42.8 Å². The second kappa shape index (κ2) is 6.54. The van der Waals surface area contributed by atoms with Gasteiger partial charge in [-0.15, -0.1) is 0 Å². The van der Waals surface area contributed by atoms with Gasteiger partial charge in [0.2, 0.25) is 0 Å². The van der Waals surface area contributed by atoms with E-state index < -0.39 is 0 Å². The molecule has 0 saturated carbocycles. The number of fused-ring (bicyclic) bond motifs is 1. The van der Waals surface area contributed by atoms with Crippen LogP contribution in [0.25, 0.3) is 22.2 Å². The molecule has 0 radical (unpaired) electrons. The SMILES string of the molecule is NC1CCN(C(=O)c2cc(-c3ccncc3)nc3ccc(Br)cc23)C1. The molecule has 5 nitrogen and oxygen atoms in total. The van der Waals surface area contributed by atoms with Crippen LogP contribution in [0.15, 0.2) is 53.3 Å². The number of hydrogen-bond donors (Lipinski definition) is 1. The van der Waals surface area contributed by atoms with Crippen molar-refractivity contribution in [1.29, 1.82) is 0 Å². The lowest BCUT2D eigenvalue weighted by atomic mass is 10.0. The van der Waals surface area contributed by atoms with Crippen molar-refractivity contribution < 1.29 is 4.79 Å². The highest BCUT2D eigenvalue weighted by atomic mass is 79.9. The number of benzene rings is 1. The maximum atomic E-state index is 13.1.